The molecule has 2 rings (SSSR count). The number of pyridine rings is 1. The van der Waals surface area contributed by atoms with Crippen molar-refractivity contribution >= 4 is 5.91 Å². The lowest BCUT2D eigenvalue weighted by atomic mass is 10.1. The summed E-state index contributed by atoms with van der Waals surface area (Å²) in [6, 6.07) is 8.78. The van der Waals surface area contributed by atoms with Crippen LogP contribution in [0.4, 0.5) is 0 Å². The van der Waals surface area contributed by atoms with Crippen molar-refractivity contribution in [3.63, 3.8) is 0 Å². The lowest BCUT2D eigenvalue weighted by Crippen LogP contribution is -2.26. The van der Waals surface area contributed by atoms with Crippen LogP contribution in [0.15, 0.2) is 42.7 Å². The molecule has 0 saturated heterocycles. The molecule has 0 aliphatic carbocycles. The second-order valence-corrected chi connectivity index (χ2v) is 4.54. The summed E-state index contributed by atoms with van der Waals surface area (Å²) >= 11 is 0. The molecule has 1 aromatic carbocycles. The third-order valence-corrected chi connectivity index (χ3v) is 2.87. The zero-order valence-corrected chi connectivity index (χ0v) is 11.0. The molecule has 0 unspecified atom stereocenters. The standard InChI is InChI=1S/C15H16N2O2/c1-11-5-6-13(14(18)8-11)15(19)17(2)10-12-4-3-7-16-9-12/h3-9,18H,10H2,1-2H3. The van der Waals surface area contributed by atoms with Gasteiger partial charge in [0, 0.05) is 26.0 Å². The molecule has 1 aromatic heterocycles. The normalized spacial score (nSPS) is 10.2. The Balaban J connectivity index is 2.15. The Bertz CT molecular complexity index is 582. The monoisotopic (exact) mass is 256 g/mol. The number of phenols is 1. The molecule has 19 heavy (non-hydrogen) atoms. The predicted molar refractivity (Wildman–Crippen MR) is 72.9 cm³/mol. The van der Waals surface area contributed by atoms with Crippen molar-refractivity contribution in [3.8, 4) is 5.75 Å². The SMILES string of the molecule is Cc1ccc(C(=O)N(C)Cc2cccnc2)c(O)c1. The molecule has 0 spiro atoms. The number of carbonyl (C=O) groups is 1. The van der Waals surface area contributed by atoms with E-state index < -0.39 is 0 Å². The van der Waals surface area contributed by atoms with Crippen molar-refractivity contribution < 1.29 is 9.90 Å². The number of hydrogen-bond acceptors (Lipinski definition) is 3. The molecule has 1 amide bonds. The molecule has 0 atom stereocenters. The van der Waals surface area contributed by atoms with Crippen LogP contribution >= 0.6 is 0 Å². The fourth-order valence-corrected chi connectivity index (χ4v) is 1.87. The van der Waals surface area contributed by atoms with Crippen LogP contribution in [0.3, 0.4) is 0 Å². The number of amides is 1. The number of aromatic nitrogens is 1. The van der Waals surface area contributed by atoms with Gasteiger partial charge in [-0.3, -0.25) is 9.78 Å². The first kappa shape index (κ1) is 13.1. The van der Waals surface area contributed by atoms with Crippen molar-refractivity contribution in [1.29, 1.82) is 0 Å². The summed E-state index contributed by atoms with van der Waals surface area (Å²) in [7, 11) is 1.70. The van der Waals surface area contributed by atoms with Gasteiger partial charge in [0.1, 0.15) is 5.75 Å². The van der Waals surface area contributed by atoms with Crippen molar-refractivity contribution in [2.45, 2.75) is 13.5 Å². The first-order chi connectivity index (χ1) is 9.08. The average Bonchev–Trinajstić information content (AvgIpc) is 2.39. The van der Waals surface area contributed by atoms with Gasteiger partial charge in [-0.05, 0) is 36.2 Å². The van der Waals surface area contributed by atoms with Crippen LogP contribution in [0.25, 0.3) is 0 Å². The molecule has 98 valence electrons. The Morgan fingerprint density at radius 2 is 2.16 bits per heavy atom. The van der Waals surface area contributed by atoms with E-state index in [-0.39, 0.29) is 11.7 Å². The zero-order chi connectivity index (χ0) is 13.8. The quantitative estimate of drug-likeness (QED) is 0.917. The van der Waals surface area contributed by atoms with E-state index >= 15 is 0 Å². The number of phenolic OH excluding ortho intramolecular Hbond substituents is 1. The maximum absolute atomic E-state index is 12.2. The van der Waals surface area contributed by atoms with E-state index in [0.29, 0.717) is 12.1 Å². The van der Waals surface area contributed by atoms with Crippen LogP contribution in [-0.2, 0) is 6.54 Å². The Hall–Kier alpha value is -2.36. The molecule has 0 saturated carbocycles. The van der Waals surface area contributed by atoms with E-state index in [0.717, 1.165) is 11.1 Å². The lowest BCUT2D eigenvalue weighted by Gasteiger charge is -2.17. The Labute approximate surface area is 112 Å². The summed E-state index contributed by atoms with van der Waals surface area (Å²) in [5.74, 6) is -0.190. The van der Waals surface area contributed by atoms with Crippen molar-refractivity contribution in [3.05, 3.63) is 59.4 Å². The number of aromatic hydroxyl groups is 1. The summed E-state index contributed by atoms with van der Waals surface area (Å²) in [4.78, 5) is 17.8. The van der Waals surface area contributed by atoms with E-state index in [1.807, 2.05) is 25.1 Å². The molecule has 0 bridgehead atoms. The number of carbonyl (C=O) groups excluding carboxylic acids is 1. The van der Waals surface area contributed by atoms with Crippen LogP contribution in [-0.4, -0.2) is 27.9 Å². The topological polar surface area (TPSA) is 53.4 Å². The molecule has 1 N–H and O–H groups in total. The fraction of sp³-hybridized carbons (Fsp3) is 0.200. The summed E-state index contributed by atoms with van der Waals surface area (Å²) < 4.78 is 0. The molecule has 0 radical (unpaired) electrons. The smallest absolute Gasteiger partial charge is 0.257 e. The Kier molecular flexibility index (Phi) is 3.80. The Morgan fingerprint density at radius 3 is 2.79 bits per heavy atom. The summed E-state index contributed by atoms with van der Waals surface area (Å²) in [6.07, 6.45) is 3.41. The minimum absolute atomic E-state index is 0.0167. The van der Waals surface area contributed by atoms with Crippen LogP contribution in [0.5, 0.6) is 5.75 Å². The fourth-order valence-electron chi connectivity index (χ4n) is 1.87. The van der Waals surface area contributed by atoms with E-state index in [2.05, 4.69) is 4.98 Å². The molecule has 1 heterocycles. The van der Waals surface area contributed by atoms with E-state index in [4.69, 9.17) is 0 Å². The van der Waals surface area contributed by atoms with Crippen LogP contribution < -0.4 is 0 Å². The lowest BCUT2D eigenvalue weighted by molar-refractivity contribution is 0.0782. The van der Waals surface area contributed by atoms with Crippen molar-refractivity contribution in [2.24, 2.45) is 0 Å². The van der Waals surface area contributed by atoms with E-state index in [1.54, 1.807) is 36.5 Å². The van der Waals surface area contributed by atoms with Gasteiger partial charge in [-0.15, -0.1) is 0 Å². The van der Waals surface area contributed by atoms with Gasteiger partial charge in [0.05, 0.1) is 5.56 Å². The number of benzene rings is 1. The second-order valence-electron chi connectivity index (χ2n) is 4.54. The third kappa shape index (κ3) is 3.10. The number of nitrogens with zero attached hydrogens (tertiary/aromatic N) is 2. The highest BCUT2D eigenvalue weighted by molar-refractivity contribution is 5.96. The van der Waals surface area contributed by atoms with Gasteiger partial charge in [0.2, 0.25) is 0 Å². The van der Waals surface area contributed by atoms with Gasteiger partial charge in [0.15, 0.2) is 0 Å². The maximum atomic E-state index is 12.2. The molecule has 2 aromatic rings. The van der Waals surface area contributed by atoms with Gasteiger partial charge in [-0.1, -0.05) is 12.1 Å². The molecular formula is C15H16N2O2. The molecular weight excluding hydrogens is 240 g/mol. The highest BCUT2D eigenvalue weighted by Gasteiger charge is 2.15. The summed E-state index contributed by atoms with van der Waals surface area (Å²) in [5.41, 5.74) is 2.19. The van der Waals surface area contributed by atoms with Crippen LogP contribution in [0, 0.1) is 6.92 Å². The highest BCUT2D eigenvalue weighted by Crippen LogP contribution is 2.20. The second kappa shape index (κ2) is 5.52. The average molecular weight is 256 g/mol. The van der Waals surface area contributed by atoms with Crippen molar-refractivity contribution in [1.82, 2.24) is 9.88 Å². The van der Waals surface area contributed by atoms with Crippen LogP contribution in [0.1, 0.15) is 21.5 Å². The van der Waals surface area contributed by atoms with Gasteiger partial charge in [-0.2, -0.15) is 0 Å². The molecule has 0 aliphatic rings. The van der Waals surface area contributed by atoms with Gasteiger partial charge in [-0.25, -0.2) is 0 Å². The molecule has 4 heteroatoms. The number of hydrogen-bond donors (Lipinski definition) is 1. The van der Waals surface area contributed by atoms with E-state index in [9.17, 15) is 9.90 Å². The first-order valence-corrected chi connectivity index (χ1v) is 6.02. The zero-order valence-electron chi connectivity index (χ0n) is 11.0. The van der Waals surface area contributed by atoms with Crippen molar-refractivity contribution in [2.75, 3.05) is 7.05 Å². The first-order valence-electron chi connectivity index (χ1n) is 6.02. The molecule has 0 aliphatic heterocycles. The summed E-state index contributed by atoms with van der Waals surface area (Å²) in [5, 5.41) is 9.82. The molecule has 4 nitrogen and oxygen atoms in total. The van der Waals surface area contributed by atoms with Gasteiger partial charge < -0.3 is 10.0 Å². The van der Waals surface area contributed by atoms with E-state index in [1.165, 1.54) is 0 Å². The largest absolute Gasteiger partial charge is 0.507 e. The van der Waals surface area contributed by atoms with Crippen LogP contribution in [0.2, 0.25) is 0 Å². The number of rotatable bonds is 3. The summed E-state index contributed by atoms with van der Waals surface area (Å²) in [6.45, 7) is 2.33. The number of aryl methyl sites for hydroxylation is 1. The molecule has 0 fully saturated rings. The Morgan fingerprint density at radius 1 is 1.37 bits per heavy atom. The minimum atomic E-state index is -0.207. The predicted octanol–water partition coefficient (Wildman–Crippen LogP) is 2.37. The maximum Gasteiger partial charge on any atom is 0.257 e. The van der Waals surface area contributed by atoms with Gasteiger partial charge in [0.25, 0.3) is 5.91 Å². The third-order valence-electron chi connectivity index (χ3n) is 2.87. The van der Waals surface area contributed by atoms with Gasteiger partial charge >= 0.3 is 0 Å². The highest BCUT2D eigenvalue weighted by atomic mass is 16.3. The minimum Gasteiger partial charge on any atom is -0.507 e.